The van der Waals surface area contributed by atoms with E-state index in [0.717, 1.165) is 5.82 Å². The molecule has 0 atom stereocenters. The lowest BCUT2D eigenvalue weighted by atomic mass is 10.2. The van der Waals surface area contributed by atoms with Crippen LogP contribution in [0.1, 0.15) is 16.2 Å². The Hall–Kier alpha value is -2.37. The maximum atomic E-state index is 11.7. The van der Waals surface area contributed by atoms with E-state index in [2.05, 4.69) is 15.5 Å². The Kier molecular flexibility index (Phi) is 3.57. The first-order chi connectivity index (χ1) is 8.66. The van der Waals surface area contributed by atoms with Crippen LogP contribution in [0.4, 0.5) is 0 Å². The van der Waals surface area contributed by atoms with Gasteiger partial charge in [-0.25, -0.2) is 0 Å². The number of carbonyl (C=O) groups excluding carboxylic acids is 1. The van der Waals surface area contributed by atoms with Crippen molar-refractivity contribution >= 4 is 5.91 Å². The smallest absolute Gasteiger partial charge is 0.251 e. The van der Waals surface area contributed by atoms with Gasteiger partial charge in [-0.3, -0.25) is 4.79 Å². The largest absolute Gasteiger partial charge is 0.508 e. The van der Waals surface area contributed by atoms with Gasteiger partial charge in [0.2, 0.25) is 0 Å². The van der Waals surface area contributed by atoms with Crippen LogP contribution in [0.15, 0.2) is 30.6 Å². The van der Waals surface area contributed by atoms with Gasteiger partial charge >= 0.3 is 0 Å². The number of nitrogens with one attached hydrogen (secondary N) is 1. The molecule has 0 bridgehead atoms. The molecule has 18 heavy (non-hydrogen) atoms. The number of phenols is 1. The van der Waals surface area contributed by atoms with Crippen molar-refractivity contribution in [2.24, 2.45) is 7.05 Å². The fraction of sp³-hybridized carbons (Fsp3) is 0.250. The van der Waals surface area contributed by atoms with Gasteiger partial charge in [0.25, 0.3) is 5.91 Å². The van der Waals surface area contributed by atoms with Crippen molar-refractivity contribution in [1.29, 1.82) is 0 Å². The molecule has 94 valence electrons. The third-order valence-corrected chi connectivity index (χ3v) is 2.57. The summed E-state index contributed by atoms with van der Waals surface area (Å²) >= 11 is 0. The average Bonchev–Trinajstić information content (AvgIpc) is 2.76. The number of phenolic OH excluding ortho intramolecular Hbond substituents is 1. The van der Waals surface area contributed by atoms with Gasteiger partial charge in [0, 0.05) is 25.6 Å². The van der Waals surface area contributed by atoms with E-state index >= 15 is 0 Å². The second-order valence-corrected chi connectivity index (χ2v) is 3.91. The Morgan fingerprint density at radius 3 is 2.72 bits per heavy atom. The van der Waals surface area contributed by atoms with Gasteiger partial charge in [-0.15, -0.1) is 10.2 Å². The van der Waals surface area contributed by atoms with Crippen LogP contribution in [0.2, 0.25) is 0 Å². The maximum absolute atomic E-state index is 11.7. The summed E-state index contributed by atoms with van der Waals surface area (Å²) in [7, 11) is 1.86. The molecule has 0 aliphatic rings. The van der Waals surface area contributed by atoms with E-state index in [1.54, 1.807) is 18.5 Å². The zero-order chi connectivity index (χ0) is 13.0. The molecule has 2 N–H and O–H groups in total. The minimum absolute atomic E-state index is 0.144. The van der Waals surface area contributed by atoms with Gasteiger partial charge in [-0.1, -0.05) is 0 Å². The van der Waals surface area contributed by atoms with Crippen molar-refractivity contribution in [1.82, 2.24) is 20.1 Å². The quantitative estimate of drug-likeness (QED) is 0.823. The molecule has 0 aliphatic heterocycles. The number of hydrogen-bond donors (Lipinski definition) is 2. The molecule has 0 spiro atoms. The molecule has 1 aromatic heterocycles. The Balaban J connectivity index is 1.85. The molecule has 2 aromatic rings. The summed E-state index contributed by atoms with van der Waals surface area (Å²) in [4.78, 5) is 11.7. The number of benzene rings is 1. The first-order valence-electron chi connectivity index (χ1n) is 5.57. The summed E-state index contributed by atoms with van der Waals surface area (Å²) < 4.78 is 1.81. The van der Waals surface area contributed by atoms with Crippen molar-refractivity contribution in [3.8, 4) is 5.75 Å². The third-order valence-electron chi connectivity index (χ3n) is 2.57. The van der Waals surface area contributed by atoms with Crippen molar-refractivity contribution in [3.63, 3.8) is 0 Å². The topological polar surface area (TPSA) is 80.0 Å². The number of hydrogen-bond acceptors (Lipinski definition) is 4. The number of aromatic nitrogens is 3. The Morgan fingerprint density at radius 2 is 2.11 bits per heavy atom. The number of carbonyl (C=O) groups is 1. The van der Waals surface area contributed by atoms with Gasteiger partial charge in [0.05, 0.1) is 0 Å². The summed E-state index contributed by atoms with van der Waals surface area (Å²) in [6.07, 6.45) is 2.25. The fourth-order valence-electron chi connectivity index (χ4n) is 1.54. The van der Waals surface area contributed by atoms with Gasteiger partial charge in [0.15, 0.2) is 0 Å². The van der Waals surface area contributed by atoms with Crippen LogP contribution in [0.3, 0.4) is 0 Å². The predicted molar refractivity (Wildman–Crippen MR) is 65.1 cm³/mol. The second kappa shape index (κ2) is 5.31. The Labute approximate surface area is 104 Å². The molecule has 6 nitrogen and oxygen atoms in total. The molecule has 0 saturated heterocycles. The maximum Gasteiger partial charge on any atom is 0.251 e. The molecule has 0 fully saturated rings. The first-order valence-corrected chi connectivity index (χ1v) is 5.57. The van der Waals surface area contributed by atoms with Crippen molar-refractivity contribution in [2.45, 2.75) is 6.42 Å². The minimum atomic E-state index is -0.169. The lowest BCUT2D eigenvalue weighted by molar-refractivity contribution is 0.0954. The lowest BCUT2D eigenvalue weighted by Gasteiger charge is -2.05. The average molecular weight is 246 g/mol. The summed E-state index contributed by atoms with van der Waals surface area (Å²) in [6, 6.07) is 6.12. The highest BCUT2D eigenvalue weighted by molar-refractivity contribution is 5.94. The predicted octanol–water partition coefficient (Wildman–Crippen LogP) is 0.493. The fourth-order valence-corrected chi connectivity index (χ4v) is 1.54. The van der Waals surface area contributed by atoms with Crippen LogP contribution in [0.5, 0.6) is 5.75 Å². The normalized spacial score (nSPS) is 10.3. The van der Waals surface area contributed by atoms with Crippen LogP contribution in [0, 0.1) is 0 Å². The van der Waals surface area contributed by atoms with Crippen molar-refractivity contribution < 1.29 is 9.90 Å². The molecule has 1 amide bonds. The zero-order valence-electron chi connectivity index (χ0n) is 10.00. The van der Waals surface area contributed by atoms with Crippen molar-refractivity contribution in [2.75, 3.05) is 6.54 Å². The monoisotopic (exact) mass is 246 g/mol. The van der Waals surface area contributed by atoms with E-state index in [1.165, 1.54) is 12.1 Å². The second-order valence-electron chi connectivity index (χ2n) is 3.91. The first kappa shape index (κ1) is 12.1. The molecule has 1 heterocycles. The van der Waals surface area contributed by atoms with Crippen molar-refractivity contribution in [3.05, 3.63) is 42.0 Å². The number of amides is 1. The van der Waals surface area contributed by atoms with Crippen LogP contribution >= 0.6 is 0 Å². The summed E-state index contributed by atoms with van der Waals surface area (Å²) in [6.45, 7) is 0.492. The lowest BCUT2D eigenvalue weighted by Crippen LogP contribution is -2.26. The van der Waals surface area contributed by atoms with Gasteiger partial charge in [-0.2, -0.15) is 0 Å². The Morgan fingerprint density at radius 1 is 1.39 bits per heavy atom. The number of nitrogens with zero attached hydrogens (tertiary/aromatic N) is 3. The standard InChI is InChI=1S/C12H14N4O2/c1-16-8-14-15-11(16)6-7-13-12(18)9-2-4-10(17)5-3-9/h2-5,8,17H,6-7H2,1H3,(H,13,18). The molecule has 0 unspecified atom stereocenters. The van der Waals surface area contributed by atoms with E-state index < -0.39 is 0 Å². The number of aryl methyl sites for hydroxylation is 1. The molecule has 0 saturated carbocycles. The minimum Gasteiger partial charge on any atom is -0.508 e. The summed E-state index contributed by atoms with van der Waals surface area (Å²) in [5.41, 5.74) is 0.519. The number of aromatic hydroxyl groups is 1. The molecular weight excluding hydrogens is 232 g/mol. The third kappa shape index (κ3) is 2.85. The van der Waals surface area contributed by atoms with Gasteiger partial charge in [0.1, 0.15) is 17.9 Å². The molecule has 0 radical (unpaired) electrons. The number of rotatable bonds is 4. The zero-order valence-corrected chi connectivity index (χ0v) is 10.00. The summed E-state index contributed by atoms with van der Waals surface area (Å²) in [5.74, 6) is 0.795. The van der Waals surface area contributed by atoms with Gasteiger partial charge in [-0.05, 0) is 24.3 Å². The SMILES string of the molecule is Cn1cnnc1CCNC(=O)c1ccc(O)cc1. The Bertz CT molecular complexity index is 533. The van der Waals surface area contributed by atoms with Crippen LogP contribution in [0.25, 0.3) is 0 Å². The molecular formula is C12H14N4O2. The highest BCUT2D eigenvalue weighted by Gasteiger charge is 2.06. The molecule has 0 aliphatic carbocycles. The highest BCUT2D eigenvalue weighted by atomic mass is 16.3. The van der Waals surface area contributed by atoms with E-state index in [-0.39, 0.29) is 11.7 Å². The molecule has 1 aromatic carbocycles. The van der Waals surface area contributed by atoms with E-state index in [0.29, 0.717) is 18.5 Å². The van der Waals surface area contributed by atoms with E-state index in [9.17, 15) is 4.79 Å². The van der Waals surface area contributed by atoms with E-state index in [4.69, 9.17) is 5.11 Å². The van der Waals surface area contributed by atoms with Gasteiger partial charge < -0.3 is 15.0 Å². The summed E-state index contributed by atoms with van der Waals surface area (Å²) in [5, 5.41) is 19.6. The van der Waals surface area contributed by atoms with Crippen LogP contribution < -0.4 is 5.32 Å². The highest BCUT2D eigenvalue weighted by Crippen LogP contribution is 2.09. The van der Waals surface area contributed by atoms with Crippen LogP contribution in [-0.2, 0) is 13.5 Å². The molecule has 2 rings (SSSR count). The molecule has 6 heteroatoms. The van der Waals surface area contributed by atoms with E-state index in [1.807, 2.05) is 11.6 Å². The van der Waals surface area contributed by atoms with Crippen LogP contribution in [-0.4, -0.2) is 32.3 Å².